The highest BCUT2D eigenvalue weighted by Crippen LogP contribution is 2.26. The molecule has 1 fully saturated rings. The van der Waals surface area contributed by atoms with Gasteiger partial charge in [-0.2, -0.15) is 0 Å². The van der Waals surface area contributed by atoms with Gasteiger partial charge in [-0.3, -0.25) is 14.6 Å². The number of hydrogen-bond acceptors (Lipinski definition) is 3. The Bertz CT molecular complexity index is 1040. The van der Waals surface area contributed by atoms with Crippen LogP contribution in [0, 0.1) is 5.92 Å². The van der Waals surface area contributed by atoms with Crippen molar-refractivity contribution in [1.82, 2.24) is 4.90 Å². The first kappa shape index (κ1) is 21.8. The zero-order valence-electron chi connectivity index (χ0n) is 18.2. The molecule has 0 saturated carbocycles. The van der Waals surface area contributed by atoms with Gasteiger partial charge in [-0.25, -0.2) is 4.79 Å². The Morgan fingerprint density at radius 2 is 1.47 bits per heavy atom. The standard InChI is InChI=1S/C27H29N3O2/c28-27(32)30(24-11-5-2-6-12-24)25-13-7-10-23(19-25)26(31)20-29-16-14-22(15-17-29)18-21-8-3-1-4-9-21/h1-13,19,22H,14-18,20H2,(H2,28,32). The Morgan fingerprint density at radius 1 is 0.844 bits per heavy atom. The van der Waals surface area contributed by atoms with E-state index in [1.807, 2.05) is 30.3 Å². The summed E-state index contributed by atoms with van der Waals surface area (Å²) in [6.45, 7) is 2.25. The molecule has 32 heavy (non-hydrogen) atoms. The summed E-state index contributed by atoms with van der Waals surface area (Å²) in [4.78, 5) is 28.8. The number of nitrogens with zero attached hydrogens (tertiary/aromatic N) is 2. The van der Waals surface area contributed by atoms with Gasteiger partial charge in [0, 0.05) is 5.56 Å². The van der Waals surface area contributed by atoms with Gasteiger partial charge in [-0.05, 0) is 68.1 Å². The largest absolute Gasteiger partial charge is 0.351 e. The van der Waals surface area contributed by atoms with Crippen molar-refractivity contribution in [3.8, 4) is 0 Å². The second-order valence-corrected chi connectivity index (χ2v) is 8.39. The number of Topliss-reactive ketones (excluding diaryl/α,β-unsaturated/α-hetero) is 1. The fourth-order valence-electron chi connectivity index (χ4n) is 4.39. The summed E-state index contributed by atoms with van der Waals surface area (Å²) in [6, 6.07) is 26.4. The first-order valence-corrected chi connectivity index (χ1v) is 11.1. The number of anilines is 2. The molecule has 2 N–H and O–H groups in total. The van der Waals surface area contributed by atoms with Gasteiger partial charge >= 0.3 is 6.03 Å². The molecule has 0 unspecified atom stereocenters. The Balaban J connectivity index is 1.38. The average Bonchev–Trinajstić information content (AvgIpc) is 2.82. The molecule has 0 spiro atoms. The molecule has 0 atom stereocenters. The Labute approximate surface area is 189 Å². The quantitative estimate of drug-likeness (QED) is 0.537. The minimum absolute atomic E-state index is 0.0610. The molecule has 0 aliphatic carbocycles. The Kier molecular flexibility index (Phi) is 6.97. The molecular weight excluding hydrogens is 398 g/mol. The third-order valence-electron chi connectivity index (χ3n) is 6.10. The zero-order valence-corrected chi connectivity index (χ0v) is 18.2. The van der Waals surface area contributed by atoms with Gasteiger partial charge in [0.15, 0.2) is 5.78 Å². The average molecular weight is 428 g/mol. The van der Waals surface area contributed by atoms with Gasteiger partial charge in [0.05, 0.1) is 17.9 Å². The monoisotopic (exact) mass is 427 g/mol. The van der Waals surface area contributed by atoms with E-state index >= 15 is 0 Å². The molecule has 4 rings (SSSR count). The molecule has 0 radical (unpaired) electrons. The minimum atomic E-state index is -0.582. The number of likely N-dealkylation sites (tertiary alicyclic amines) is 1. The lowest BCUT2D eigenvalue weighted by molar-refractivity contribution is 0.0895. The van der Waals surface area contributed by atoms with Crippen LogP contribution in [0.1, 0.15) is 28.8 Å². The number of ketones is 1. The number of carbonyl (C=O) groups is 2. The molecule has 2 amide bonds. The molecule has 3 aromatic rings. The first-order chi connectivity index (χ1) is 15.6. The van der Waals surface area contributed by atoms with E-state index in [0.717, 1.165) is 32.4 Å². The van der Waals surface area contributed by atoms with Gasteiger partial charge in [-0.1, -0.05) is 60.7 Å². The third kappa shape index (κ3) is 5.42. The van der Waals surface area contributed by atoms with Crippen LogP contribution in [0.3, 0.4) is 0 Å². The van der Waals surface area contributed by atoms with Gasteiger partial charge in [0.2, 0.25) is 0 Å². The molecule has 0 aromatic heterocycles. The fraction of sp³-hybridized carbons (Fsp3) is 0.259. The van der Waals surface area contributed by atoms with Crippen molar-refractivity contribution in [1.29, 1.82) is 0 Å². The molecule has 5 heteroatoms. The smallest absolute Gasteiger partial charge is 0.323 e. The summed E-state index contributed by atoms with van der Waals surface area (Å²) in [5.41, 5.74) is 8.88. The number of urea groups is 1. The molecule has 1 aliphatic heterocycles. The van der Waals surface area contributed by atoms with Crippen LogP contribution in [0.25, 0.3) is 0 Å². The number of hydrogen-bond donors (Lipinski definition) is 1. The van der Waals surface area contributed by atoms with Crippen LogP contribution in [-0.2, 0) is 6.42 Å². The van der Waals surface area contributed by atoms with E-state index in [1.54, 1.807) is 24.3 Å². The summed E-state index contributed by atoms with van der Waals surface area (Å²) in [6.07, 6.45) is 3.31. The molecule has 1 heterocycles. The predicted octanol–water partition coefficient (Wildman–Crippen LogP) is 5.04. The van der Waals surface area contributed by atoms with Crippen LogP contribution in [0.5, 0.6) is 0 Å². The molecular formula is C27H29N3O2. The Morgan fingerprint density at radius 3 is 2.12 bits per heavy atom. The molecule has 1 saturated heterocycles. The summed E-state index contributed by atoms with van der Waals surface area (Å²) >= 11 is 0. The predicted molar refractivity (Wildman–Crippen MR) is 128 cm³/mol. The third-order valence-corrected chi connectivity index (χ3v) is 6.10. The van der Waals surface area contributed by atoms with E-state index in [4.69, 9.17) is 5.73 Å². The summed E-state index contributed by atoms with van der Waals surface area (Å²) in [7, 11) is 0. The number of para-hydroxylation sites is 1. The van der Waals surface area contributed by atoms with Crippen molar-refractivity contribution in [2.45, 2.75) is 19.3 Å². The van der Waals surface area contributed by atoms with Crippen molar-refractivity contribution in [3.63, 3.8) is 0 Å². The van der Waals surface area contributed by atoms with Gasteiger partial charge in [0.25, 0.3) is 0 Å². The fourth-order valence-corrected chi connectivity index (χ4v) is 4.39. The molecule has 1 aliphatic rings. The number of amides is 2. The van der Waals surface area contributed by atoms with E-state index < -0.39 is 6.03 Å². The van der Waals surface area contributed by atoms with Crippen molar-refractivity contribution in [3.05, 3.63) is 96.1 Å². The van der Waals surface area contributed by atoms with E-state index in [0.29, 0.717) is 29.4 Å². The molecule has 0 bridgehead atoms. The maximum atomic E-state index is 13.0. The van der Waals surface area contributed by atoms with Crippen molar-refractivity contribution < 1.29 is 9.59 Å². The molecule has 3 aromatic carbocycles. The van der Waals surface area contributed by atoms with E-state index in [9.17, 15) is 9.59 Å². The highest BCUT2D eigenvalue weighted by molar-refractivity contribution is 6.02. The highest BCUT2D eigenvalue weighted by atomic mass is 16.2. The van der Waals surface area contributed by atoms with E-state index in [1.165, 1.54) is 10.5 Å². The number of benzene rings is 3. The zero-order chi connectivity index (χ0) is 22.3. The van der Waals surface area contributed by atoms with Gasteiger partial charge in [0.1, 0.15) is 0 Å². The number of carbonyl (C=O) groups excluding carboxylic acids is 2. The van der Waals surface area contributed by atoms with Crippen molar-refractivity contribution >= 4 is 23.2 Å². The van der Waals surface area contributed by atoms with Gasteiger partial charge < -0.3 is 5.73 Å². The second-order valence-electron chi connectivity index (χ2n) is 8.39. The van der Waals surface area contributed by atoms with Crippen LogP contribution in [0.2, 0.25) is 0 Å². The summed E-state index contributed by atoms with van der Waals surface area (Å²) in [5, 5.41) is 0. The number of piperidine rings is 1. The lowest BCUT2D eigenvalue weighted by Gasteiger charge is -2.31. The maximum absolute atomic E-state index is 13.0. The van der Waals surface area contributed by atoms with E-state index in [-0.39, 0.29) is 5.78 Å². The molecule has 5 nitrogen and oxygen atoms in total. The highest BCUT2D eigenvalue weighted by Gasteiger charge is 2.22. The molecule has 164 valence electrons. The minimum Gasteiger partial charge on any atom is -0.351 e. The maximum Gasteiger partial charge on any atom is 0.323 e. The van der Waals surface area contributed by atoms with Crippen LogP contribution in [-0.4, -0.2) is 36.3 Å². The lowest BCUT2D eigenvalue weighted by Crippen LogP contribution is -2.38. The van der Waals surface area contributed by atoms with E-state index in [2.05, 4.69) is 35.2 Å². The van der Waals surface area contributed by atoms with Crippen LogP contribution >= 0.6 is 0 Å². The van der Waals surface area contributed by atoms with Crippen LogP contribution in [0.15, 0.2) is 84.9 Å². The summed E-state index contributed by atoms with van der Waals surface area (Å²) < 4.78 is 0. The first-order valence-electron chi connectivity index (χ1n) is 11.1. The number of primary amides is 1. The number of nitrogens with two attached hydrogens (primary N) is 1. The second kappa shape index (κ2) is 10.2. The van der Waals surface area contributed by atoms with Crippen LogP contribution < -0.4 is 10.6 Å². The van der Waals surface area contributed by atoms with Gasteiger partial charge in [-0.15, -0.1) is 0 Å². The van der Waals surface area contributed by atoms with Crippen LogP contribution in [0.4, 0.5) is 16.2 Å². The summed E-state index contributed by atoms with van der Waals surface area (Å²) in [5.74, 6) is 0.730. The van der Waals surface area contributed by atoms with Crippen molar-refractivity contribution in [2.75, 3.05) is 24.5 Å². The topological polar surface area (TPSA) is 66.6 Å². The normalized spacial score (nSPS) is 14.8. The lowest BCUT2D eigenvalue weighted by atomic mass is 9.90. The SMILES string of the molecule is NC(=O)N(c1ccccc1)c1cccc(C(=O)CN2CCC(Cc3ccccc3)CC2)c1. The van der Waals surface area contributed by atoms with Crippen molar-refractivity contribution in [2.24, 2.45) is 11.7 Å². The number of rotatable bonds is 7. The Hall–Kier alpha value is -3.44.